The summed E-state index contributed by atoms with van der Waals surface area (Å²) in [6.45, 7) is 3.62. The van der Waals surface area contributed by atoms with Gasteiger partial charge < -0.3 is 15.8 Å². The van der Waals surface area contributed by atoms with Crippen LogP contribution in [-0.2, 0) is 9.53 Å². The number of hydrogen-bond acceptors (Lipinski definition) is 7. The van der Waals surface area contributed by atoms with Crippen molar-refractivity contribution < 1.29 is 18.3 Å². The molecule has 0 radical (unpaired) electrons. The number of esters is 1. The Kier molecular flexibility index (Phi) is 11.1. The number of nitrogens with one attached hydrogen (secondary N) is 2. The van der Waals surface area contributed by atoms with Crippen molar-refractivity contribution in [2.75, 3.05) is 6.61 Å². The lowest BCUT2D eigenvalue weighted by Gasteiger charge is -2.26. The molecule has 8 nitrogen and oxygen atoms in total. The van der Waals surface area contributed by atoms with E-state index in [0.717, 1.165) is 0 Å². The van der Waals surface area contributed by atoms with Gasteiger partial charge in [-0.1, -0.05) is 29.3 Å². The molecule has 0 fully saturated rings. The molecule has 13 heteroatoms. The van der Waals surface area contributed by atoms with Gasteiger partial charge in [-0.05, 0) is 50.2 Å². The summed E-state index contributed by atoms with van der Waals surface area (Å²) in [6.07, 6.45) is 2.85. The van der Waals surface area contributed by atoms with Crippen molar-refractivity contribution in [2.24, 2.45) is 10.7 Å². The fourth-order valence-corrected chi connectivity index (χ4v) is 3.87. The van der Waals surface area contributed by atoms with Crippen LogP contribution in [-0.4, -0.2) is 34.2 Å². The molecular weight excluding hydrogens is 561 g/mol. The quantitative estimate of drug-likeness (QED) is 0.210. The average molecular weight is 584 g/mol. The van der Waals surface area contributed by atoms with Crippen LogP contribution in [0.5, 0.6) is 0 Å². The number of rotatable bonds is 5. The van der Waals surface area contributed by atoms with E-state index < -0.39 is 23.6 Å². The number of halogens is 5. The number of pyridine rings is 2. The molecular formula is C25H23Cl3F2N6O2. The highest BCUT2D eigenvalue weighted by atomic mass is 35.5. The summed E-state index contributed by atoms with van der Waals surface area (Å²) in [5, 5.41) is 10.6. The van der Waals surface area contributed by atoms with Crippen molar-refractivity contribution >= 4 is 53.2 Å². The standard InChI is InChI=1S/C19H16Cl2FN3O2.C6H6FN3.ClH/c1-3-27-19(26)15-10(2)24-18(17-14(22)5-4-8-23-17)25-16(15)12-7-6-11(20)9-13(12)21;7-4-2-1-3-10-5(4)6(8)9;/h4-9,16H,3H2,1-2H3,(H,24,25);1-3H,(H3,8,9);1H. The van der Waals surface area contributed by atoms with E-state index in [9.17, 15) is 13.6 Å². The molecule has 2 aromatic heterocycles. The van der Waals surface area contributed by atoms with Gasteiger partial charge in [0, 0.05) is 33.7 Å². The van der Waals surface area contributed by atoms with Crippen LogP contribution in [0.3, 0.4) is 0 Å². The largest absolute Gasteiger partial charge is 0.463 e. The van der Waals surface area contributed by atoms with Gasteiger partial charge in [-0.2, -0.15) is 0 Å². The van der Waals surface area contributed by atoms with Crippen molar-refractivity contribution in [3.8, 4) is 0 Å². The van der Waals surface area contributed by atoms with Gasteiger partial charge in [-0.15, -0.1) is 12.4 Å². The first-order chi connectivity index (χ1) is 17.6. The molecule has 3 aromatic rings. The predicted octanol–water partition coefficient (Wildman–Crippen LogP) is 5.38. The number of nitrogens with two attached hydrogens (primary N) is 1. The van der Waals surface area contributed by atoms with E-state index in [1.165, 1.54) is 36.7 Å². The maximum atomic E-state index is 14.2. The summed E-state index contributed by atoms with van der Waals surface area (Å²) in [5.41, 5.74) is 6.28. The van der Waals surface area contributed by atoms with Gasteiger partial charge in [0.25, 0.3) is 0 Å². The molecule has 0 saturated heterocycles. The molecule has 3 heterocycles. The number of carbonyl (C=O) groups excluding carboxylic acids is 1. The minimum atomic E-state index is -0.786. The summed E-state index contributed by atoms with van der Waals surface area (Å²) in [7, 11) is 0. The van der Waals surface area contributed by atoms with Crippen LogP contribution < -0.4 is 11.1 Å². The van der Waals surface area contributed by atoms with E-state index in [2.05, 4.69) is 20.3 Å². The molecule has 4 N–H and O–H groups in total. The Morgan fingerprint density at radius 3 is 2.34 bits per heavy atom. The van der Waals surface area contributed by atoms with Crippen LogP contribution >= 0.6 is 35.6 Å². The van der Waals surface area contributed by atoms with E-state index in [-0.39, 0.29) is 42.1 Å². The summed E-state index contributed by atoms with van der Waals surface area (Å²) >= 11 is 12.3. The smallest absolute Gasteiger partial charge is 0.338 e. The van der Waals surface area contributed by atoms with Crippen LogP contribution in [0.1, 0.15) is 36.8 Å². The summed E-state index contributed by atoms with van der Waals surface area (Å²) in [4.78, 5) is 24.7. The lowest BCUT2D eigenvalue weighted by Crippen LogP contribution is -2.34. The Labute approximate surface area is 233 Å². The summed E-state index contributed by atoms with van der Waals surface area (Å²) in [6, 6.07) is 9.55. The second-order valence-electron chi connectivity index (χ2n) is 7.51. The fourth-order valence-electron chi connectivity index (χ4n) is 3.36. The second-order valence-corrected chi connectivity index (χ2v) is 8.36. The number of amidine groups is 2. The first kappa shape index (κ1) is 30.6. The minimum absolute atomic E-state index is 0. The van der Waals surface area contributed by atoms with Gasteiger partial charge in [-0.25, -0.2) is 23.5 Å². The number of ether oxygens (including phenoxy) is 1. The molecule has 0 bridgehead atoms. The van der Waals surface area contributed by atoms with Crippen molar-refractivity contribution in [3.63, 3.8) is 0 Å². The molecule has 0 aliphatic carbocycles. The molecule has 0 amide bonds. The number of nitrogens with zero attached hydrogens (tertiary/aromatic N) is 3. The van der Waals surface area contributed by atoms with Crippen LogP contribution in [0, 0.1) is 17.0 Å². The highest BCUT2D eigenvalue weighted by Crippen LogP contribution is 2.37. The Morgan fingerprint density at radius 1 is 1.13 bits per heavy atom. The fraction of sp³-hybridized carbons (Fsp3) is 0.160. The zero-order valence-electron chi connectivity index (χ0n) is 20.1. The number of aliphatic imine (C=N–C) groups is 1. The summed E-state index contributed by atoms with van der Waals surface area (Å²) < 4.78 is 31.9. The zero-order valence-corrected chi connectivity index (χ0v) is 22.5. The van der Waals surface area contributed by atoms with E-state index in [1.807, 2.05) is 0 Å². The van der Waals surface area contributed by atoms with Crippen LogP contribution in [0.15, 0.2) is 71.1 Å². The van der Waals surface area contributed by atoms with Gasteiger partial charge in [0.05, 0.1) is 12.2 Å². The van der Waals surface area contributed by atoms with E-state index in [1.54, 1.807) is 32.0 Å². The van der Waals surface area contributed by atoms with E-state index >= 15 is 0 Å². The number of carbonyl (C=O) groups is 1. The highest BCUT2D eigenvalue weighted by Gasteiger charge is 2.32. The third-order valence-corrected chi connectivity index (χ3v) is 5.55. The highest BCUT2D eigenvalue weighted by molar-refractivity contribution is 6.35. The number of benzene rings is 1. The molecule has 1 unspecified atom stereocenters. The molecule has 200 valence electrons. The van der Waals surface area contributed by atoms with Gasteiger partial charge in [0.2, 0.25) is 0 Å². The third-order valence-electron chi connectivity index (χ3n) is 4.99. The molecule has 38 heavy (non-hydrogen) atoms. The topological polar surface area (TPSA) is 126 Å². The molecule has 4 rings (SSSR count). The number of allylic oxidation sites excluding steroid dienone is 1. The Balaban J connectivity index is 0.000000389. The van der Waals surface area contributed by atoms with Crippen molar-refractivity contribution in [3.05, 3.63) is 105 Å². The SMILES string of the molecule is CCOC(=O)C1=C(C)NC(c2ncccc2F)=NC1c1ccc(Cl)cc1Cl.Cl.N=C(N)c1ncccc1F. The Hall–Kier alpha value is -3.60. The van der Waals surface area contributed by atoms with Crippen LogP contribution in [0.4, 0.5) is 8.78 Å². The first-order valence-corrected chi connectivity index (χ1v) is 11.6. The molecule has 1 aliphatic rings. The minimum Gasteiger partial charge on any atom is -0.463 e. The Morgan fingerprint density at radius 2 is 1.79 bits per heavy atom. The number of nitrogen functional groups attached to an aromatic ring is 1. The lowest BCUT2D eigenvalue weighted by atomic mass is 9.95. The number of aromatic nitrogens is 2. The molecule has 1 aliphatic heterocycles. The molecule has 0 spiro atoms. The van der Waals surface area contributed by atoms with Crippen molar-refractivity contribution in [1.29, 1.82) is 5.41 Å². The first-order valence-electron chi connectivity index (χ1n) is 10.9. The molecule has 0 saturated carbocycles. The predicted molar refractivity (Wildman–Crippen MR) is 145 cm³/mol. The zero-order chi connectivity index (χ0) is 27.1. The van der Waals surface area contributed by atoms with Gasteiger partial charge in [-0.3, -0.25) is 10.4 Å². The van der Waals surface area contributed by atoms with Gasteiger partial charge in [0.15, 0.2) is 17.5 Å². The van der Waals surface area contributed by atoms with Gasteiger partial charge in [0.1, 0.15) is 23.3 Å². The normalized spacial score (nSPS) is 14.3. The maximum Gasteiger partial charge on any atom is 0.338 e. The van der Waals surface area contributed by atoms with Crippen molar-refractivity contribution in [2.45, 2.75) is 19.9 Å². The summed E-state index contributed by atoms with van der Waals surface area (Å²) in [5.74, 6) is -1.76. The van der Waals surface area contributed by atoms with E-state index in [0.29, 0.717) is 26.9 Å². The molecule has 1 atom stereocenters. The van der Waals surface area contributed by atoms with E-state index in [4.69, 9.17) is 39.1 Å². The maximum absolute atomic E-state index is 14.2. The van der Waals surface area contributed by atoms with Crippen LogP contribution in [0.25, 0.3) is 0 Å². The van der Waals surface area contributed by atoms with Gasteiger partial charge >= 0.3 is 5.97 Å². The second kappa shape index (κ2) is 13.8. The third kappa shape index (κ3) is 7.25. The average Bonchev–Trinajstić information content (AvgIpc) is 2.84. The Bertz CT molecular complexity index is 1400. The monoisotopic (exact) mass is 582 g/mol. The molecule has 1 aromatic carbocycles. The number of hydrogen-bond donors (Lipinski definition) is 3. The lowest BCUT2D eigenvalue weighted by molar-refractivity contribution is -0.138. The van der Waals surface area contributed by atoms with Crippen LogP contribution in [0.2, 0.25) is 10.0 Å². The van der Waals surface area contributed by atoms with Crippen molar-refractivity contribution in [1.82, 2.24) is 15.3 Å².